The number of carbonyl (C=O) groups excluding carboxylic acids is 2. The normalized spacial score (nSPS) is 20.4. The monoisotopic (exact) mass is 509 g/mol. The van der Waals surface area contributed by atoms with Gasteiger partial charge in [0.1, 0.15) is 5.75 Å². The second kappa shape index (κ2) is 12.0. The molecule has 1 N–H and O–H groups in total. The molecule has 0 radical (unpaired) electrons. The van der Waals surface area contributed by atoms with E-state index in [2.05, 4.69) is 27.2 Å². The number of aromatic nitrogens is 2. The highest BCUT2D eigenvalue weighted by atomic mass is 16.6. The minimum atomic E-state index is -0.214. The summed E-state index contributed by atoms with van der Waals surface area (Å²) in [5.41, 5.74) is 4.15. The van der Waals surface area contributed by atoms with Crippen LogP contribution in [-0.2, 0) is 24.1 Å². The molecular formula is C28H39N5O4. The fraction of sp³-hybridized carbons (Fsp3) is 0.607. The summed E-state index contributed by atoms with van der Waals surface area (Å²) in [4.78, 5) is 31.2. The van der Waals surface area contributed by atoms with E-state index in [4.69, 9.17) is 9.47 Å². The van der Waals surface area contributed by atoms with Crippen LogP contribution in [0, 0.1) is 5.92 Å². The van der Waals surface area contributed by atoms with Crippen molar-refractivity contribution in [3.63, 3.8) is 0 Å². The third-order valence-corrected chi connectivity index (χ3v) is 7.78. The Hall–Kier alpha value is -3.07. The zero-order valence-corrected chi connectivity index (χ0v) is 21.9. The molecule has 1 atom stereocenters. The predicted octanol–water partition coefficient (Wildman–Crippen LogP) is 3.49. The molecule has 2 saturated heterocycles. The van der Waals surface area contributed by atoms with Crippen molar-refractivity contribution in [3.05, 3.63) is 46.8 Å². The highest BCUT2D eigenvalue weighted by molar-refractivity contribution is 5.94. The number of rotatable bonds is 7. The lowest BCUT2D eigenvalue weighted by Crippen LogP contribution is -2.48. The summed E-state index contributed by atoms with van der Waals surface area (Å²) in [5.74, 6) is 1.25. The Bertz CT molecular complexity index is 1060. The van der Waals surface area contributed by atoms with Crippen LogP contribution < -0.4 is 4.74 Å². The standard InChI is InChI=1S/C28H39N5O4/c1-2-36-28(35)32-16-14-31(15-17-32)18-21-9-11-23(12-10-21)37-20-22-6-5-13-33(19-22)27(34)26-24-7-3-4-8-25(24)29-30-26/h9-12,22H,2-8,13-20H2,1H3,(H,29,30). The average molecular weight is 510 g/mol. The number of fused-ring (bicyclic) bond motifs is 1. The topological polar surface area (TPSA) is 91.0 Å². The number of H-pyrrole nitrogens is 1. The van der Waals surface area contributed by atoms with Crippen LogP contribution in [0.2, 0.25) is 0 Å². The van der Waals surface area contributed by atoms with Gasteiger partial charge >= 0.3 is 6.09 Å². The highest BCUT2D eigenvalue weighted by Gasteiger charge is 2.29. The number of aryl methyl sites for hydroxylation is 1. The maximum atomic E-state index is 13.2. The number of nitrogens with one attached hydrogen (secondary N) is 1. The van der Waals surface area contributed by atoms with Crippen LogP contribution in [0.3, 0.4) is 0 Å². The molecule has 1 aromatic heterocycles. The van der Waals surface area contributed by atoms with Gasteiger partial charge in [-0.1, -0.05) is 12.1 Å². The molecule has 9 heteroatoms. The van der Waals surface area contributed by atoms with Crippen molar-refractivity contribution < 1.29 is 19.1 Å². The molecule has 3 aliphatic rings. The van der Waals surface area contributed by atoms with Crippen molar-refractivity contribution >= 4 is 12.0 Å². The van der Waals surface area contributed by atoms with Gasteiger partial charge in [0.25, 0.3) is 5.91 Å². The SMILES string of the molecule is CCOC(=O)N1CCN(Cc2ccc(OCC3CCCN(C(=O)c4n[nH]c5c4CCCC5)C3)cc2)CC1. The minimum Gasteiger partial charge on any atom is -0.493 e. The van der Waals surface area contributed by atoms with E-state index in [0.717, 1.165) is 81.8 Å². The Labute approximate surface area is 219 Å². The number of ether oxygens (including phenoxy) is 2. The molecule has 3 heterocycles. The number of amides is 2. The van der Waals surface area contributed by atoms with Gasteiger partial charge in [-0.3, -0.25) is 14.8 Å². The molecule has 0 bridgehead atoms. The van der Waals surface area contributed by atoms with Gasteiger partial charge in [-0.05, 0) is 63.1 Å². The van der Waals surface area contributed by atoms with Crippen molar-refractivity contribution in [3.8, 4) is 5.75 Å². The zero-order chi connectivity index (χ0) is 25.6. The third-order valence-electron chi connectivity index (χ3n) is 7.78. The fourth-order valence-electron chi connectivity index (χ4n) is 5.66. The van der Waals surface area contributed by atoms with Crippen LogP contribution in [0.15, 0.2) is 24.3 Å². The summed E-state index contributed by atoms with van der Waals surface area (Å²) < 4.78 is 11.2. The van der Waals surface area contributed by atoms with Gasteiger partial charge in [0, 0.05) is 63.0 Å². The van der Waals surface area contributed by atoms with E-state index in [0.29, 0.717) is 37.9 Å². The van der Waals surface area contributed by atoms with Gasteiger partial charge in [0.15, 0.2) is 5.69 Å². The number of aromatic amines is 1. The number of hydrogen-bond acceptors (Lipinski definition) is 6. The molecule has 2 aliphatic heterocycles. The summed E-state index contributed by atoms with van der Waals surface area (Å²) in [6.45, 7) is 8.30. The van der Waals surface area contributed by atoms with E-state index in [1.54, 1.807) is 4.90 Å². The van der Waals surface area contributed by atoms with Gasteiger partial charge in [-0.2, -0.15) is 5.10 Å². The van der Waals surface area contributed by atoms with E-state index in [-0.39, 0.29) is 12.0 Å². The first kappa shape index (κ1) is 25.6. The second-order valence-corrected chi connectivity index (χ2v) is 10.4. The predicted molar refractivity (Wildman–Crippen MR) is 140 cm³/mol. The van der Waals surface area contributed by atoms with Gasteiger partial charge in [0.2, 0.25) is 0 Å². The van der Waals surface area contributed by atoms with Crippen LogP contribution in [0.5, 0.6) is 5.75 Å². The first-order chi connectivity index (χ1) is 18.1. The Balaban J connectivity index is 1.07. The first-order valence-electron chi connectivity index (χ1n) is 13.8. The number of carbonyl (C=O) groups is 2. The quantitative estimate of drug-likeness (QED) is 0.615. The van der Waals surface area contributed by atoms with Crippen LogP contribution in [0.4, 0.5) is 4.79 Å². The molecule has 1 unspecified atom stereocenters. The summed E-state index contributed by atoms with van der Waals surface area (Å²) >= 11 is 0. The van der Waals surface area contributed by atoms with E-state index < -0.39 is 0 Å². The van der Waals surface area contributed by atoms with Gasteiger partial charge in [-0.15, -0.1) is 0 Å². The first-order valence-corrected chi connectivity index (χ1v) is 13.8. The van der Waals surface area contributed by atoms with Gasteiger partial charge in [-0.25, -0.2) is 4.79 Å². The van der Waals surface area contributed by atoms with E-state index in [1.807, 2.05) is 24.0 Å². The van der Waals surface area contributed by atoms with E-state index >= 15 is 0 Å². The highest BCUT2D eigenvalue weighted by Crippen LogP contribution is 2.26. The lowest BCUT2D eigenvalue weighted by molar-refractivity contribution is 0.0626. The lowest BCUT2D eigenvalue weighted by atomic mass is 9.94. The lowest BCUT2D eigenvalue weighted by Gasteiger charge is -2.34. The molecule has 9 nitrogen and oxygen atoms in total. The molecule has 5 rings (SSSR count). The summed E-state index contributed by atoms with van der Waals surface area (Å²) in [7, 11) is 0. The molecule has 0 spiro atoms. The van der Waals surface area contributed by atoms with Crippen LogP contribution in [0.25, 0.3) is 0 Å². The average Bonchev–Trinajstić information content (AvgIpc) is 3.37. The van der Waals surface area contributed by atoms with Crippen molar-refractivity contribution in [2.24, 2.45) is 5.92 Å². The molecular weight excluding hydrogens is 470 g/mol. The second-order valence-electron chi connectivity index (χ2n) is 10.4. The summed E-state index contributed by atoms with van der Waals surface area (Å²) in [6.07, 6.45) is 6.10. The Kier molecular flexibility index (Phi) is 8.28. The molecule has 1 aliphatic carbocycles. The largest absolute Gasteiger partial charge is 0.493 e. The molecule has 2 fully saturated rings. The van der Waals surface area contributed by atoms with Crippen LogP contribution in [-0.4, -0.2) is 89.4 Å². The van der Waals surface area contributed by atoms with Crippen LogP contribution in [0.1, 0.15) is 59.9 Å². The number of hydrogen-bond donors (Lipinski definition) is 1. The Morgan fingerprint density at radius 2 is 1.78 bits per heavy atom. The molecule has 200 valence electrons. The number of piperazine rings is 1. The number of likely N-dealkylation sites (tertiary alicyclic amines) is 1. The Morgan fingerprint density at radius 1 is 1.00 bits per heavy atom. The Morgan fingerprint density at radius 3 is 2.57 bits per heavy atom. The maximum Gasteiger partial charge on any atom is 0.409 e. The van der Waals surface area contributed by atoms with Crippen molar-refractivity contribution in [2.75, 3.05) is 52.5 Å². The number of benzene rings is 1. The maximum absolute atomic E-state index is 13.2. The van der Waals surface area contributed by atoms with Crippen molar-refractivity contribution in [1.29, 1.82) is 0 Å². The van der Waals surface area contributed by atoms with Crippen molar-refractivity contribution in [1.82, 2.24) is 24.9 Å². The summed E-state index contributed by atoms with van der Waals surface area (Å²) in [5, 5.41) is 7.49. The molecule has 37 heavy (non-hydrogen) atoms. The minimum absolute atomic E-state index is 0.0662. The molecule has 1 aromatic carbocycles. The smallest absolute Gasteiger partial charge is 0.409 e. The van der Waals surface area contributed by atoms with Crippen LogP contribution >= 0.6 is 0 Å². The number of piperidine rings is 1. The van der Waals surface area contributed by atoms with E-state index in [1.165, 1.54) is 12.0 Å². The number of nitrogens with zero attached hydrogens (tertiary/aromatic N) is 4. The molecule has 2 amide bonds. The summed E-state index contributed by atoms with van der Waals surface area (Å²) in [6, 6.07) is 8.30. The van der Waals surface area contributed by atoms with Gasteiger partial charge in [0.05, 0.1) is 13.2 Å². The third kappa shape index (κ3) is 6.26. The van der Waals surface area contributed by atoms with E-state index in [9.17, 15) is 9.59 Å². The van der Waals surface area contributed by atoms with Gasteiger partial charge < -0.3 is 19.3 Å². The van der Waals surface area contributed by atoms with Crippen molar-refractivity contribution in [2.45, 2.75) is 52.0 Å². The fourth-order valence-corrected chi connectivity index (χ4v) is 5.66. The molecule has 0 saturated carbocycles. The zero-order valence-electron chi connectivity index (χ0n) is 21.9. The molecule has 2 aromatic rings.